The van der Waals surface area contributed by atoms with E-state index in [1.54, 1.807) is 44.4 Å². The topological polar surface area (TPSA) is 102 Å². The normalized spacial score (nSPS) is 10.2. The minimum Gasteiger partial charge on any atom is -0.465 e. The van der Waals surface area contributed by atoms with Crippen molar-refractivity contribution in [1.29, 1.82) is 0 Å². The Kier molecular flexibility index (Phi) is 6.41. The zero-order valence-electron chi connectivity index (χ0n) is 14.3. The Morgan fingerprint density at radius 3 is 2.68 bits per heavy atom. The first-order chi connectivity index (χ1) is 12.0. The predicted octanol–water partition coefficient (Wildman–Crippen LogP) is 1.69. The maximum absolute atomic E-state index is 12.1. The Morgan fingerprint density at radius 2 is 1.96 bits per heavy atom. The van der Waals surface area contributed by atoms with Crippen LogP contribution in [0.5, 0.6) is 0 Å². The van der Waals surface area contributed by atoms with E-state index in [-0.39, 0.29) is 17.5 Å². The molecule has 0 saturated heterocycles. The maximum Gasteiger partial charge on any atom is 0.337 e. The fourth-order valence-corrected chi connectivity index (χ4v) is 2.07. The molecule has 0 aliphatic rings. The Labute approximate surface area is 145 Å². The summed E-state index contributed by atoms with van der Waals surface area (Å²) in [5.74, 6) is -0.486. The number of amides is 1. The summed E-state index contributed by atoms with van der Waals surface area (Å²) in [6.45, 7) is 2.58. The highest BCUT2D eigenvalue weighted by Crippen LogP contribution is 2.16. The van der Waals surface area contributed by atoms with E-state index in [9.17, 15) is 9.59 Å². The second-order valence-electron chi connectivity index (χ2n) is 5.16. The molecule has 0 fully saturated rings. The fraction of sp³-hybridized carbons (Fsp3) is 0.294. The number of esters is 1. The summed E-state index contributed by atoms with van der Waals surface area (Å²) in [5.41, 5.74) is 1.89. The lowest BCUT2D eigenvalue weighted by Gasteiger charge is -2.09. The number of methoxy groups -OCH3 is 2. The number of rotatable bonds is 7. The SMILES string of the molecule is COCCNC(=O)c1cc(C)nc(Nc2cccc(C(=O)OC)c2)n1. The highest BCUT2D eigenvalue weighted by atomic mass is 16.5. The van der Waals surface area contributed by atoms with Crippen LogP contribution in [0.2, 0.25) is 0 Å². The molecule has 2 aromatic rings. The summed E-state index contributed by atoms with van der Waals surface area (Å²) in [6, 6.07) is 8.33. The highest BCUT2D eigenvalue weighted by Gasteiger charge is 2.11. The van der Waals surface area contributed by atoms with Crippen LogP contribution in [0.15, 0.2) is 30.3 Å². The van der Waals surface area contributed by atoms with Gasteiger partial charge in [-0.2, -0.15) is 0 Å². The summed E-state index contributed by atoms with van der Waals surface area (Å²) in [5, 5.41) is 5.70. The van der Waals surface area contributed by atoms with Gasteiger partial charge in [-0.05, 0) is 31.2 Å². The van der Waals surface area contributed by atoms with E-state index < -0.39 is 5.97 Å². The summed E-state index contributed by atoms with van der Waals surface area (Å²) in [4.78, 5) is 32.2. The van der Waals surface area contributed by atoms with Gasteiger partial charge in [0.15, 0.2) is 0 Å². The van der Waals surface area contributed by atoms with Crippen LogP contribution in [0.25, 0.3) is 0 Å². The molecule has 0 aliphatic heterocycles. The molecule has 2 N–H and O–H groups in total. The van der Waals surface area contributed by atoms with E-state index in [0.29, 0.717) is 30.1 Å². The van der Waals surface area contributed by atoms with E-state index in [1.165, 1.54) is 7.11 Å². The van der Waals surface area contributed by atoms with Gasteiger partial charge in [-0.3, -0.25) is 4.79 Å². The lowest BCUT2D eigenvalue weighted by molar-refractivity contribution is 0.0600. The lowest BCUT2D eigenvalue weighted by Crippen LogP contribution is -2.28. The Bertz CT molecular complexity index is 764. The first-order valence-electron chi connectivity index (χ1n) is 7.61. The zero-order valence-corrected chi connectivity index (χ0v) is 14.3. The Hall–Kier alpha value is -3.00. The molecular formula is C17H20N4O4. The number of carbonyl (C=O) groups is 2. The van der Waals surface area contributed by atoms with Crippen molar-refractivity contribution in [1.82, 2.24) is 15.3 Å². The molecule has 0 spiro atoms. The van der Waals surface area contributed by atoms with Gasteiger partial charge >= 0.3 is 5.97 Å². The number of hydrogen-bond acceptors (Lipinski definition) is 7. The molecule has 0 unspecified atom stereocenters. The van der Waals surface area contributed by atoms with Crippen molar-refractivity contribution in [3.63, 3.8) is 0 Å². The zero-order chi connectivity index (χ0) is 18.2. The first kappa shape index (κ1) is 18.3. The van der Waals surface area contributed by atoms with Crippen molar-refractivity contribution in [2.75, 3.05) is 32.7 Å². The number of nitrogens with one attached hydrogen (secondary N) is 2. The molecule has 1 heterocycles. The first-order valence-corrected chi connectivity index (χ1v) is 7.61. The minimum absolute atomic E-state index is 0.246. The van der Waals surface area contributed by atoms with Gasteiger partial charge in [0.05, 0.1) is 19.3 Å². The standard InChI is InChI=1S/C17H20N4O4/c1-11-9-14(15(22)18-7-8-24-2)21-17(19-11)20-13-6-4-5-12(10-13)16(23)25-3/h4-6,9-10H,7-8H2,1-3H3,(H,18,22)(H,19,20,21). The second kappa shape index (κ2) is 8.74. The van der Waals surface area contributed by atoms with Gasteiger partial charge in [0.1, 0.15) is 5.69 Å². The Balaban J connectivity index is 2.17. The molecule has 1 aromatic heterocycles. The number of aryl methyl sites for hydroxylation is 1. The van der Waals surface area contributed by atoms with Crippen LogP contribution in [0.4, 0.5) is 11.6 Å². The van der Waals surface area contributed by atoms with Gasteiger partial charge in [-0.15, -0.1) is 0 Å². The Morgan fingerprint density at radius 1 is 1.16 bits per heavy atom. The third-order valence-electron chi connectivity index (χ3n) is 3.22. The minimum atomic E-state index is -0.438. The van der Waals surface area contributed by atoms with Gasteiger partial charge < -0.3 is 20.1 Å². The van der Waals surface area contributed by atoms with Crippen molar-refractivity contribution >= 4 is 23.5 Å². The van der Waals surface area contributed by atoms with E-state index in [2.05, 4.69) is 20.6 Å². The van der Waals surface area contributed by atoms with Crippen LogP contribution in [-0.2, 0) is 9.47 Å². The van der Waals surface area contributed by atoms with E-state index >= 15 is 0 Å². The van der Waals surface area contributed by atoms with Crippen molar-refractivity contribution < 1.29 is 19.1 Å². The smallest absolute Gasteiger partial charge is 0.337 e. The van der Waals surface area contributed by atoms with E-state index in [0.717, 1.165) is 0 Å². The monoisotopic (exact) mass is 344 g/mol. The summed E-state index contributed by atoms with van der Waals surface area (Å²) in [6.07, 6.45) is 0. The molecule has 8 heteroatoms. The molecule has 132 valence electrons. The van der Waals surface area contributed by atoms with Crippen molar-refractivity contribution in [2.24, 2.45) is 0 Å². The molecule has 8 nitrogen and oxygen atoms in total. The van der Waals surface area contributed by atoms with Crippen LogP contribution < -0.4 is 10.6 Å². The number of anilines is 2. The molecule has 0 bridgehead atoms. The van der Waals surface area contributed by atoms with E-state index in [1.807, 2.05) is 0 Å². The summed E-state index contributed by atoms with van der Waals surface area (Å²) < 4.78 is 9.59. The largest absolute Gasteiger partial charge is 0.465 e. The van der Waals surface area contributed by atoms with Crippen LogP contribution in [0.1, 0.15) is 26.5 Å². The van der Waals surface area contributed by atoms with Crippen molar-refractivity contribution in [3.8, 4) is 0 Å². The maximum atomic E-state index is 12.1. The quantitative estimate of drug-likeness (QED) is 0.582. The number of aromatic nitrogens is 2. The average Bonchev–Trinajstić information content (AvgIpc) is 2.61. The summed E-state index contributed by atoms with van der Waals surface area (Å²) in [7, 11) is 2.88. The number of benzene rings is 1. The van der Waals surface area contributed by atoms with Crippen LogP contribution in [-0.4, -0.2) is 49.2 Å². The van der Waals surface area contributed by atoms with Crippen LogP contribution >= 0.6 is 0 Å². The molecule has 1 amide bonds. The van der Waals surface area contributed by atoms with Crippen LogP contribution in [0, 0.1) is 6.92 Å². The number of nitrogens with zero attached hydrogens (tertiary/aromatic N) is 2. The van der Waals surface area contributed by atoms with E-state index in [4.69, 9.17) is 9.47 Å². The molecule has 2 rings (SSSR count). The molecular weight excluding hydrogens is 324 g/mol. The van der Waals surface area contributed by atoms with Crippen LogP contribution in [0.3, 0.4) is 0 Å². The highest BCUT2D eigenvalue weighted by molar-refractivity contribution is 5.93. The molecule has 0 saturated carbocycles. The third-order valence-corrected chi connectivity index (χ3v) is 3.22. The average molecular weight is 344 g/mol. The van der Waals surface area contributed by atoms with Gasteiger partial charge in [0, 0.05) is 25.0 Å². The van der Waals surface area contributed by atoms with Gasteiger partial charge in [-0.1, -0.05) is 6.07 Å². The molecule has 0 atom stereocenters. The molecule has 1 aromatic carbocycles. The van der Waals surface area contributed by atoms with Crippen molar-refractivity contribution in [3.05, 3.63) is 47.3 Å². The van der Waals surface area contributed by atoms with Gasteiger partial charge in [0.25, 0.3) is 5.91 Å². The third kappa shape index (κ3) is 5.25. The number of carbonyl (C=O) groups excluding carboxylic acids is 2. The molecule has 0 radical (unpaired) electrons. The van der Waals surface area contributed by atoms with Gasteiger partial charge in [0.2, 0.25) is 5.95 Å². The van der Waals surface area contributed by atoms with Gasteiger partial charge in [-0.25, -0.2) is 14.8 Å². The predicted molar refractivity (Wildman–Crippen MR) is 92.0 cm³/mol. The number of hydrogen-bond donors (Lipinski definition) is 2. The number of ether oxygens (including phenoxy) is 2. The second-order valence-corrected chi connectivity index (χ2v) is 5.16. The fourth-order valence-electron chi connectivity index (χ4n) is 2.07. The summed E-state index contributed by atoms with van der Waals surface area (Å²) >= 11 is 0. The van der Waals surface area contributed by atoms with Crippen molar-refractivity contribution in [2.45, 2.75) is 6.92 Å². The molecule has 0 aliphatic carbocycles. The molecule has 25 heavy (non-hydrogen) atoms. The lowest BCUT2D eigenvalue weighted by atomic mass is 10.2.